The molecule has 2 rings (SSSR count). The summed E-state index contributed by atoms with van der Waals surface area (Å²) in [6.45, 7) is -0.613. The highest BCUT2D eigenvalue weighted by Crippen LogP contribution is 2.26. The lowest BCUT2D eigenvalue weighted by Crippen LogP contribution is -2.37. The molecule has 0 atom stereocenters. The molecule has 0 bridgehead atoms. The number of hydrogen-bond donors (Lipinski definition) is 2. The van der Waals surface area contributed by atoms with Crippen molar-refractivity contribution in [3.63, 3.8) is 0 Å². The Balaban J connectivity index is 0.00000392. The number of aromatic nitrogens is 2. The number of rotatable bonds is 7. The molecule has 12 heteroatoms. The molecule has 0 saturated carbocycles. The average molecular weight is 519 g/mol. The highest BCUT2D eigenvalue weighted by atomic mass is 127. The van der Waals surface area contributed by atoms with E-state index < -0.39 is 12.9 Å². The first kappa shape index (κ1) is 23.9. The highest BCUT2D eigenvalue weighted by molar-refractivity contribution is 14.0. The molecule has 0 unspecified atom stereocenters. The van der Waals surface area contributed by atoms with E-state index >= 15 is 0 Å². The topological polar surface area (TPSA) is 63.5 Å². The van der Waals surface area contributed by atoms with Crippen LogP contribution in [0.1, 0.15) is 24.9 Å². The maximum absolute atomic E-state index is 12.8. The number of ether oxygens (including phenoxy) is 1. The molecule has 28 heavy (non-hydrogen) atoms. The number of aliphatic imine (C=N–C) groups is 1. The third-order valence-electron chi connectivity index (χ3n) is 3.32. The number of imidazole rings is 1. The van der Waals surface area contributed by atoms with Gasteiger partial charge in [-0.25, -0.2) is 9.98 Å². The Morgan fingerprint density at radius 2 is 1.96 bits per heavy atom. The normalized spacial score (nSPS) is 11.9. The molecule has 0 aliphatic heterocycles. The summed E-state index contributed by atoms with van der Waals surface area (Å²) in [4.78, 5) is 8.01. The maximum atomic E-state index is 12.8. The summed E-state index contributed by atoms with van der Waals surface area (Å²) in [7, 11) is 0. The van der Waals surface area contributed by atoms with E-state index in [1.54, 1.807) is 13.0 Å². The largest absolute Gasteiger partial charge is 0.573 e. The van der Waals surface area contributed by atoms with E-state index in [1.165, 1.54) is 24.4 Å². The van der Waals surface area contributed by atoms with Crippen LogP contribution < -0.4 is 15.4 Å². The number of nitrogens with zero attached hydrogens (tertiary/aromatic N) is 3. The minimum atomic E-state index is -4.81. The van der Waals surface area contributed by atoms with Gasteiger partial charge in [-0.1, -0.05) is 18.2 Å². The summed E-state index contributed by atoms with van der Waals surface area (Å²) >= 11 is 0. The Kier molecular flexibility index (Phi) is 9.41. The van der Waals surface area contributed by atoms with Crippen LogP contribution in [0.25, 0.3) is 0 Å². The number of guanidine groups is 1. The van der Waals surface area contributed by atoms with Gasteiger partial charge in [0.1, 0.15) is 11.6 Å². The van der Waals surface area contributed by atoms with E-state index in [0.717, 1.165) is 6.20 Å². The smallest absolute Gasteiger partial charge is 0.405 e. The summed E-state index contributed by atoms with van der Waals surface area (Å²) in [6, 6.07) is 5.63. The molecule has 6 nitrogen and oxygen atoms in total. The molecule has 1 aromatic carbocycles. The van der Waals surface area contributed by atoms with Crippen molar-refractivity contribution in [3.05, 3.63) is 48.0 Å². The molecule has 156 valence electrons. The Morgan fingerprint density at radius 1 is 1.25 bits per heavy atom. The molecule has 0 saturated heterocycles. The van der Waals surface area contributed by atoms with Crippen molar-refractivity contribution in [2.24, 2.45) is 4.99 Å². The van der Waals surface area contributed by atoms with Gasteiger partial charge >= 0.3 is 12.9 Å². The SMILES string of the molecule is CCNC(=NCc1ccccc1OC(F)(F)F)NCc1nccn1C(F)F.I. The average Bonchev–Trinajstić information content (AvgIpc) is 3.06. The fourth-order valence-corrected chi connectivity index (χ4v) is 2.19. The van der Waals surface area contributed by atoms with Gasteiger partial charge in [0.15, 0.2) is 5.96 Å². The molecule has 0 aliphatic carbocycles. The van der Waals surface area contributed by atoms with E-state index in [1.807, 2.05) is 0 Å². The molecule has 2 N–H and O–H groups in total. The Labute approximate surface area is 175 Å². The van der Waals surface area contributed by atoms with E-state index in [2.05, 4.69) is 25.3 Å². The first-order valence-corrected chi connectivity index (χ1v) is 7.96. The van der Waals surface area contributed by atoms with Gasteiger partial charge in [0, 0.05) is 24.5 Å². The first-order valence-electron chi connectivity index (χ1n) is 7.96. The van der Waals surface area contributed by atoms with Gasteiger partial charge in [-0.15, -0.1) is 37.1 Å². The summed E-state index contributed by atoms with van der Waals surface area (Å²) in [6.07, 6.45) is -2.41. The van der Waals surface area contributed by atoms with Crippen LogP contribution in [0.4, 0.5) is 22.0 Å². The Hall–Kier alpha value is -2.12. The minimum Gasteiger partial charge on any atom is -0.405 e. The van der Waals surface area contributed by atoms with Gasteiger partial charge in [0.2, 0.25) is 0 Å². The van der Waals surface area contributed by atoms with Gasteiger partial charge in [-0.05, 0) is 13.0 Å². The predicted molar refractivity (Wildman–Crippen MR) is 104 cm³/mol. The lowest BCUT2D eigenvalue weighted by atomic mass is 10.2. The quantitative estimate of drug-likeness (QED) is 0.251. The number of hydrogen-bond acceptors (Lipinski definition) is 3. The number of benzene rings is 1. The van der Waals surface area contributed by atoms with Crippen LogP contribution in [-0.4, -0.2) is 28.4 Å². The zero-order chi connectivity index (χ0) is 19.9. The third-order valence-corrected chi connectivity index (χ3v) is 3.32. The zero-order valence-corrected chi connectivity index (χ0v) is 17.0. The minimum absolute atomic E-state index is 0. The van der Waals surface area contributed by atoms with Crippen molar-refractivity contribution in [1.82, 2.24) is 20.2 Å². The van der Waals surface area contributed by atoms with Gasteiger partial charge in [-0.3, -0.25) is 4.57 Å². The second-order valence-corrected chi connectivity index (χ2v) is 5.23. The van der Waals surface area contributed by atoms with Crippen molar-refractivity contribution >= 4 is 29.9 Å². The summed E-state index contributed by atoms with van der Waals surface area (Å²) in [5.74, 6) is -0.0163. The molecular weight excluding hydrogens is 500 g/mol. The maximum Gasteiger partial charge on any atom is 0.573 e. The van der Waals surface area contributed by atoms with E-state index in [4.69, 9.17) is 0 Å². The molecule has 0 spiro atoms. The summed E-state index contributed by atoms with van der Waals surface area (Å²) in [5, 5.41) is 5.70. The van der Waals surface area contributed by atoms with E-state index in [9.17, 15) is 22.0 Å². The zero-order valence-electron chi connectivity index (χ0n) is 14.7. The molecule has 0 radical (unpaired) electrons. The lowest BCUT2D eigenvalue weighted by molar-refractivity contribution is -0.274. The Morgan fingerprint density at radius 3 is 2.61 bits per heavy atom. The molecule has 0 fully saturated rings. The number of halogens is 6. The number of para-hydroxylation sites is 1. The van der Waals surface area contributed by atoms with E-state index in [-0.39, 0.29) is 60.2 Å². The van der Waals surface area contributed by atoms with Crippen molar-refractivity contribution < 1.29 is 26.7 Å². The summed E-state index contributed by atoms with van der Waals surface area (Å²) in [5.41, 5.74) is 0.223. The Bertz CT molecular complexity index is 766. The second-order valence-electron chi connectivity index (χ2n) is 5.23. The standard InChI is InChI=1S/C16H18F5N5O.HI/c1-2-22-15(25-10-13-23-7-8-26(13)14(17)18)24-9-11-5-3-4-6-12(11)27-16(19,20)21;/h3-8,14H,2,9-10H2,1H3,(H2,22,24,25);1H. The van der Waals surface area contributed by atoms with Crippen molar-refractivity contribution in [3.8, 4) is 5.75 Å². The number of nitrogens with one attached hydrogen (secondary N) is 2. The van der Waals surface area contributed by atoms with Crippen LogP contribution in [0.15, 0.2) is 41.7 Å². The van der Waals surface area contributed by atoms with Gasteiger partial charge in [0.05, 0.1) is 13.1 Å². The molecule has 1 aromatic heterocycles. The number of alkyl halides is 5. The highest BCUT2D eigenvalue weighted by Gasteiger charge is 2.31. The fraction of sp³-hybridized carbons (Fsp3) is 0.375. The first-order chi connectivity index (χ1) is 12.8. The van der Waals surface area contributed by atoms with E-state index in [0.29, 0.717) is 11.1 Å². The van der Waals surface area contributed by atoms with Crippen LogP contribution in [0.3, 0.4) is 0 Å². The molecule has 0 aliphatic rings. The van der Waals surface area contributed by atoms with Crippen LogP contribution in [0, 0.1) is 0 Å². The van der Waals surface area contributed by atoms with Crippen LogP contribution in [0.5, 0.6) is 5.75 Å². The van der Waals surface area contributed by atoms with Crippen molar-refractivity contribution in [2.75, 3.05) is 6.54 Å². The lowest BCUT2D eigenvalue weighted by Gasteiger charge is -2.14. The van der Waals surface area contributed by atoms with Gasteiger partial charge < -0.3 is 15.4 Å². The van der Waals surface area contributed by atoms with Crippen LogP contribution >= 0.6 is 24.0 Å². The van der Waals surface area contributed by atoms with Gasteiger partial charge in [-0.2, -0.15) is 8.78 Å². The van der Waals surface area contributed by atoms with Gasteiger partial charge in [0.25, 0.3) is 0 Å². The van der Waals surface area contributed by atoms with Crippen LogP contribution in [0.2, 0.25) is 0 Å². The molecule has 2 aromatic rings. The molecule has 0 amide bonds. The molecular formula is C16H19F5IN5O. The molecule has 1 heterocycles. The summed E-state index contributed by atoms with van der Waals surface area (Å²) < 4.78 is 67.7. The monoisotopic (exact) mass is 519 g/mol. The van der Waals surface area contributed by atoms with Crippen molar-refractivity contribution in [2.45, 2.75) is 32.9 Å². The van der Waals surface area contributed by atoms with Crippen LogP contribution in [-0.2, 0) is 13.1 Å². The van der Waals surface area contributed by atoms with Crippen molar-refractivity contribution in [1.29, 1.82) is 0 Å². The third kappa shape index (κ3) is 7.48. The fourth-order valence-electron chi connectivity index (χ4n) is 2.19. The predicted octanol–water partition coefficient (Wildman–Crippen LogP) is 4.05. The second kappa shape index (κ2) is 11.0.